The quantitative estimate of drug-likeness (QED) is 0.398. The van der Waals surface area contributed by atoms with E-state index in [9.17, 15) is 0 Å². The molecule has 0 saturated heterocycles. The fraction of sp³-hybridized carbons (Fsp3) is 0.294. The summed E-state index contributed by atoms with van der Waals surface area (Å²) in [5.74, 6) is 0. The van der Waals surface area contributed by atoms with Crippen molar-refractivity contribution in [1.29, 1.82) is 0 Å². The van der Waals surface area contributed by atoms with E-state index in [4.69, 9.17) is 5.73 Å². The van der Waals surface area contributed by atoms with Gasteiger partial charge >= 0.3 is 0 Å². The molecule has 0 aromatic heterocycles. The van der Waals surface area contributed by atoms with Gasteiger partial charge in [0.05, 0.1) is 0 Å². The van der Waals surface area contributed by atoms with Gasteiger partial charge in [-0.2, -0.15) is 0 Å². The molecule has 0 spiro atoms. The molecule has 20 heavy (non-hydrogen) atoms. The first-order chi connectivity index (χ1) is 9.25. The topological polar surface area (TPSA) is 26.0 Å². The van der Waals surface area contributed by atoms with Gasteiger partial charge in [0.1, 0.15) is 0 Å². The van der Waals surface area contributed by atoms with Gasteiger partial charge in [-0.15, -0.1) is 0 Å². The highest BCUT2D eigenvalue weighted by Gasteiger charge is 2.03. The Morgan fingerprint density at radius 1 is 0.900 bits per heavy atom. The van der Waals surface area contributed by atoms with Crippen LogP contribution >= 0.6 is 38.5 Å². The normalized spacial score (nSPS) is 9.95. The summed E-state index contributed by atoms with van der Waals surface area (Å²) in [6.45, 7) is 10.7. The standard InChI is InChI=1S/C10H13I.C7H8BrN/c1-6-5-10(11)9(4)8(3)7(6)2;1-5-6(8)3-2-4-7(5)9/h5H,1-4H3;2-4H,9H2,1H3. The largest absolute Gasteiger partial charge is 0.398 e. The van der Waals surface area contributed by atoms with Crippen molar-refractivity contribution in [2.45, 2.75) is 34.6 Å². The predicted molar refractivity (Wildman–Crippen MR) is 101 cm³/mol. The highest BCUT2D eigenvalue weighted by molar-refractivity contribution is 14.1. The van der Waals surface area contributed by atoms with Crippen molar-refractivity contribution in [3.05, 3.63) is 60.1 Å². The van der Waals surface area contributed by atoms with Gasteiger partial charge in [-0.1, -0.05) is 22.0 Å². The molecule has 2 aromatic rings. The first-order valence-electron chi connectivity index (χ1n) is 6.49. The molecule has 0 unspecified atom stereocenters. The summed E-state index contributed by atoms with van der Waals surface area (Å²) in [6.07, 6.45) is 0. The summed E-state index contributed by atoms with van der Waals surface area (Å²) in [7, 11) is 0. The van der Waals surface area contributed by atoms with Crippen LogP contribution in [0.15, 0.2) is 28.7 Å². The van der Waals surface area contributed by atoms with Gasteiger partial charge in [-0.3, -0.25) is 0 Å². The van der Waals surface area contributed by atoms with Crippen molar-refractivity contribution in [2.24, 2.45) is 0 Å². The van der Waals surface area contributed by atoms with E-state index in [2.05, 4.69) is 72.3 Å². The lowest BCUT2D eigenvalue weighted by Gasteiger charge is -2.09. The van der Waals surface area contributed by atoms with E-state index in [1.54, 1.807) is 0 Å². The number of rotatable bonds is 0. The third-order valence-corrected chi connectivity index (χ3v) is 5.71. The molecular formula is C17H21BrIN. The molecule has 0 radical (unpaired) electrons. The Morgan fingerprint density at radius 3 is 2.00 bits per heavy atom. The molecule has 0 aliphatic heterocycles. The summed E-state index contributed by atoms with van der Waals surface area (Å²) in [4.78, 5) is 0. The SMILES string of the molecule is Cc1c(N)cccc1Br.Cc1cc(I)c(C)c(C)c1C. The summed E-state index contributed by atoms with van der Waals surface area (Å²) in [5, 5.41) is 0. The maximum absolute atomic E-state index is 5.59. The Labute approximate surface area is 144 Å². The first kappa shape index (κ1) is 17.5. The van der Waals surface area contributed by atoms with Crippen LogP contribution in [0.1, 0.15) is 27.8 Å². The van der Waals surface area contributed by atoms with Crippen LogP contribution < -0.4 is 5.73 Å². The van der Waals surface area contributed by atoms with Crippen LogP contribution in [0.5, 0.6) is 0 Å². The maximum atomic E-state index is 5.59. The Bertz CT molecular complexity index is 574. The van der Waals surface area contributed by atoms with Crippen molar-refractivity contribution in [1.82, 2.24) is 0 Å². The molecule has 108 valence electrons. The summed E-state index contributed by atoms with van der Waals surface area (Å²) in [5.41, 5.74) is 13.2. The van der Waals surface area contributed by atoms with Gasteiger partial charge in [-0.05, 0) is 103 Å². The Hall–Kier alpha value is -0.550. The van der Waals surface area contributed by atoms with Crippen molar-refractivity contribution < 1.29 is 0 Å². The summed E-state index contributed by atoms with van der Waals surface area (Å²) in [6, 6.07) is 8.04. The average molecular weight is 446 g/mol. The van der Waals surface area contributed by atoms with Crippen LogP contribution in [0.25, 0.3) is 0 Å². The van der Waals surface area contributed by atoms with Crippen molar-refractivity contribution >= 4 is 44.2 Å². The second-order valence-corrected chi connectivity index (χ2v) is 7.02. The smallest absolute Gasteiger partial charge is 0.0355 e. The van der Waals surface area contributed by atoms with Crippen LogP contribution in [0.2, 0.25) is 0 Å². The predicted octanol–water partition coefficient (Wildman–Crippen LogP) is 5.86. The fourth-order valence-corrected chi connectivity index (χ4v) is 3.04. The highest BCUT2D eigenvalue weighted by atomic mass is 127. The Kier molecular flexibility index (Phi) is 6.52. The van der Waals surface area contributed by atoms with Crippen molar-refractivity contribution in [3.63, 3.8) is 0 Å². The van der Waals surface area contributed by atoms with E-state index in [0.29, 0.717) is 0 Å². The van der Waals surface area contributed by atoms with Crippen LogP contribution in [-0.4, -0.2) is 0 Å². The molecule has 2 aromatic carbocycles. The van der Waals surface area contributed by atoms with E-state index >= 15 is 0 Å². The lowest BCUT2D eigenvalue weighted by atomic mass is 10.0. The molecule has 2 N–H and O–H groups in total. The molecule has 1 nitrogen and oxygen atoms in total. The fourth-order valence-electron chi connectivity index (χ4n) is 1.79. The average Bonchev–Trinajstić information content (AvgIpc) is 2.41. The third kappa shape index (κ3) is 4.22. The Balaban J connectivity index is 0.000000204. The zero-order valence-corrected chi connectivity index (χ0v) is 16.4. The molecule has 0 saturated carbocycles. The van der Waals surface area contributed by atoms with Crippen molar-refractivity contribution in [2.75, 3.05) is 5.73 Å². The lowest BCUT2D eigenvalue weighted by Crippen LogP contribution is -1.93. The molecule has 0 atom stereocenters. The number of aryl methyl sites for hydroxylation is 1. The minimum atomic E-state index is 0.837. The van der Waals surface area contributed by atoms with Gasteiger partial charge in [-0.25, -0.2) is 0 Å². The highest BCUT2D eigenvalue weighted by Crippen LogP contribution is 2.22. The van der Waals surface area contributed by atoms with E-state index in [-0.39, 0.29) is 0 Å². The Morgan fingerprint density at radius 2 is 1.50 bits per heavy atom. The van der Waals surface area contributed by atoms with Crippen molar-refractivity contribution in [3.8, 4) is 0 Å². The van der Waals surface area contributed by atoms with E-state index in [0.717, 1.165) is 15.7 Å². The van der Waals surface area contributed by atoms with Gasteiger partial charge < -0.3 is 5.73 Å². The minimum absolute atomic E-state index is 0.837. The second kappa shape index (κ2) is 7.46. The molecule has 3 heteroatoms. The van der Waals surface area contributed by atoms with E-state index < -0.39 is 0 Å². The zero-order valence-electron chi connectivity index (χ0n) is 12.6. The van der Waals surface area contributed by atoms with Gasteiger partial charge in [0.15, 0.2) is 0 Å². The molecule has 0 aliphatic rings. The molecular weight excluding hydrogens is 425 g/mol. The number of nitrogens with two attached hydrogens (primary N) is 1. The van der Waals surface area contributed by atoms with Crippen LogP contribution in [0.4, 0.5) is 5.69 Å². The maximum Gasteiger partial charge on any atom is 0.0355 e. The molecule has 0 amide bonds. The van der Waals surface area contributed by atoms with E-state index in [1.807, 2.05) is 25.1 Å². The molecule has 0 bridgehead atoms. The van der Waals surface area contributed by atoms with Crippen LogP contribution in [0, 0.1) is 38.2 Å². The summed E-state index contributed by atoms with van der Waals surface area (Å²) < 4.78 is 2.45. The van der Waals surface area contributed by atoms with Crippen LogP contribution in [0.3, 0.4) is 0 Å². The second-order valence-electron chi connectivity index (χ2n) is 5.00. The first-order valence-corrected chi connectivity index (χ1v) is 8.36. The molecule has 2 rings (SSSR count). The monoisotopic (exact) mass is 445 g/mol. The molecule has 0 aliphatic carbocycles. The number of anilines is 1. The minimum Gasteiger partial charge on any atom is -0.398 e. The van der Waals surface area contributed by atoms with E-state index in [1.165, 1.54) is 25.8 Å². The zero-order chi connectivity index (χ0) is 15.4. The van der Waals surface area contributed by atoms with Gasteiger partial charge in [0.2, 0.25) is 0 Å². The third-order valence-electron chi connectivity index (χ3n) is 3.73. The molecule has 0 fully saturated rings. The van der Waals surface area contributed by atoms with Crippen LogP contribution in [-0.2, 0) is 0 Å². The number of hydrogen-bond acceptors (Lipinski definition) is 1. The lowest BCUT2D eigenvalue weighted by molar-refractivity contribution is 1.20. The van der Waals surface area contributed by atoms with Gasteiger partial charge in [0.25, 0.3) is 0 Å². The number of hydrogen-bond donors (Lipinski definition) is 1. The van der Waals surface area contributed by atoms with Gasteiger partial charge in [0, 0.05) is 13.7 Å². The number of benzene rings is 2. The molecule has 0 heterocycles. The summed E-state index contributed by atoms with van der Waals surface area (Å²) >= 11 is 5.76. The number of halogens is 2. The number of nitrogen functional groups attached to an aromatic ring is 1.